The van der Waals surface area contributed by atoms with E-state index in [4.69, 9.17) is 0 Å². The molecule has 0 aliphatic rings. The van der Waals surface area contributed by atoms with Crippen LogP contribution in [0.4, 0.5) is 22.0 Å². The maximum Gasteiger partial charge on any atom is 0.416 e. The number of amides is 2. The zero-order valence-corrected chi connectivity index (χ0v) is 23.9. The molecule has 3 aromatic rings. The smallest absolute Gasteiger partial charge is 0.390 e. The number of pyridine rings is 1. The highest BCUT2D eigenvalue weighted by Crippen LogP contribution is 2.29. The van der Waals surface area contributed by atoms with E-state index in [2.05, 4.69) is 15.6 Å². The zero-order valence-electron chi connectivity index (χ0n) is 23.9. The van der Waals surface area contributed by atoms with E-state index in [9.17, 15) is 36.6 Å². The Bertz CT molecular complexity index is 1360. The largest absolute Gasteiger partial charge is 0.416 e. The van der Waals surface area contributed by atoms with Crippen LogP contribution in [0.5, 0.6) is 0 Å². The predicted octanol–water partition coefficient (Wildman–Crippen LogP) is 5.13. The van der Waals surface area contributed by atoms with Crippen LogP contribution in [0.1, 0.15) is 64.1 Å². The maximum absolute atomic E-state index is 13.9. The van der Waals surface area contributed by atoms with Crippen LogP contribution in [0.15, 0.2) is 60.9 Å². The molecule has 3 N–H and O–H groups in total. The third kappa shape index (κ3) is 10.1. The van der Waals surface area contributed by atoms with Gasteiger partial charge >= 0.3 is 6.18 Å². The van der Waals surface area contributed by atoms with Crippen molar-refractivity contribution < 1.29 is 36.6 Å². The minimum atomic E-state index is -4.51. The Labute approximate surface area is 247 Å². The summed E-state index contributed by atoms with van der Waals surface area (Å²) in [6.45, 7) is 4.78. The number of benzene rings is 2. The second-order valence-corrected chi connectivity index (χ2v) is 10.2. The molecule has 2 amide bonds. The first-order valence-electron chi connectivity index (χ1n) is 14.0. The number of carbonyl (C=O) groups excluding carboxylic acids is 2. The summed E-state index contributed by atoms with van der Waals surface area (Å²) >= 11 is 0. The van der Waals surface area contributed by atoms with Crippen molar-refractivity contribution in [1.29, 1.82) is 0 Å². The average molecular weight is 607 g/mol. The van der Waals surface area contributed by atoms with E-state index >= 15 is 0 Å². The first-order valence-corrected chi connectivity index (χ1v) is 14.0. The first-order chi connectivity index (χ1) is 20.4. The molecule has 2 aromatic carbocycles. The Balaban J connectivity index is 1.77. The molecule has 3 rings (SSSR count). The standard InChI is InChI=1S/C31H35F5N4O3/c1-3-8-40(9-4-2)30(43)23-14-22(17-38-18-23)29(42)39-27(13-21-11-25(32)15-26(33)12-21)28(41)19-37-16-20-6-5-7-24(10-20)31(34,35)36/h5-7,10-12,14-15,17-18,27-28,37,41H,3-4,8-9,13,16,19H2,1-2H3,(H,39,42). The zero-order chi connectivity index (χ0) is 31.6. The topological polar surface area (TPSA) is 94.6 Å². The SMILES string of the molecule is CCCN(CCC)C(=O)c1cncc(C(=O)NC(Cc2cc(F)cc(F)c2)C(O)CNCc2cccc(C(F)(F)F)c2)c1. The molecule has 2 atom stereocenters. The number of nitrogens with one attached hydrogen (secondary N) is 2. The van der Waals surface area contributed by atoms with E-state index in [0.29, 0.717) is 24.7 Å². The van der Waals surface area contributed by atoms with Crippen molar-refractivity contribution in [3.05, 3.63) is 100 Å². The normalized spacial score (nSPS) is 12.9. The molecule has 43 heavy (non-hydrogen) atoms. The fourth-order valence-electron chi connectivity index (χ4n) is 4.60. The first kappa shape index (κ1) is 33.6. The minimum absolute atomic E-state index is 0.0175. The molecule has 12 heteroatoms. The quantitative estimate of drug-likeness (QED) is 0.221. The van der Waals surface area contributed by atoms with E-state index in [1.807, 2.05) is 13.8 Å². The summed E-state index contributed by atoms with van der Waals surface area (Å²) in [5.74, 6) is -2.64. The van der Waals surface area contributed by atoms with Crippen LogP contribution >= 0.6 is 0 Å². The minimum Gasteiger partial charge on any atom is -0.390 e. The molecule has 2 unspecified atom stereocenters. The number of alkyl halides is 3. The molecule has 0 fully saturated rings. The van der Waals surface area contributed by atoms with Gasteiger partial charge in [-0.3, -0.25) is 14.6 Å². The van der Waals surface area contributed by atoms with Crippen molar-refractivity contribution in [1.82, 2.24) is 20.5 Å². The molecular weight excluding hydrogens is 571 g/mol. The van der Waals surface area contributed by atoms with E-state index in [1.165, 1.54) is 30.6 Å². The Kier molecular flexibility index (Phi) is 12.1. The van der Waals surface area contributed by atoms with Gasteiger partial charge in [0.15, 0.2) is 0 Å². The molecule has 0 saturated carbocycles. The molecule has 0 saturated heterocycles. The Morgan fingerprint density at radius 3 is 2.21 bits per heavy atom. The van der Waals surface area contributed by atoms with Crippen molar-refractivity contribution in [2.75, 3.05) is 19.6 Å². The predicted molar refractivity (Wildman–Crippen MR) is 151 cm³/mol. The summed E-state index contributed by atoms with van der Waals surface area (Å²) in [6, 6.07) is 7.85. The Hall–Kier alpha value is -3.90. The van der Waals surface area contributed by atoms with E-state index in [0.717, 1.165) is 37.1 Å². The molecule has 0 aliphatic heterocycles. The number of rotatable bonds is 14. The van der Waals surface area contributed by atoms with Crippen molar-refractivity contribution in [3.63, 3.8) is 0 Å². The average Bonchev–Trinajstić information content (AvgIpc) is 2.95. The summed E-state index contributed by atoms with van der Waals surface area (Å²) in [5, 5.41) is 16.5. The van der Waals surface area contributed by atoms with Crippen molar-refractivity contribution >= 4 is 11.8 Å². The van der Waals surface area contributed by atoms with E-state index in [-0.39, 0.29) is 42.1 Å². The number of hydrogen-bond acceptors (Lipinski definition) is 5. The third-order valence-electron chi connectivity index (χ3n) is 6.62. The van der Waals surface area contributed by atoms with Gasteiger partial charge in [-0.2, -0.15) is 13.2 Å². The lowest BCUT2D eigenvalue weighted by Gasteiger charge is -2.25. The second kappa shape index (κ2) is 15.5. The molecular formula is C31H35F5N4O3. The van der Waals surface area contributed by atoms with Gasteiger partial charge < -0.3 is 20.6 Å². The van der Waals surface area contributed by atoms with E-state index < -0.39 is 41.4 Å². The molecule has 0 bridgehead atoms. The highest BCUT2D eigenvalue weighted by atomic mass is 19.4. The van der Waals surface area contributed by atoms with Crippen molar-refractivity contribution in [2.24, 2.45) is 0 Å². The number of aliphatic hydroxyl groups is 1. The van der Waals surface area contributed by atoms with Crippen LogP contribution in [-0.2, 0) is 19.1 Å². The van der Waals surface area contributed by atoms with Gasteiger partial charge in [0.25, 0.3) is 11.8 Å². The monoisotopic (exact) mass is 606 g/mol. The summed E-state index contributed by atoms with van der Waals surface area (Å²) < 4.78 is 66.9. The van der Waals surface area contributed by atoms with Gasteiger partial charge in [-0.1, -0.05) is 32.0 Å². The number of aromatic nitrogens is 1. The Morgan fingerprint density at radius 2 is 1.58 bits per heavy atom. The van der Waals surface area contributed by atoms with E-state index in [1.54, 1.807) is 4.90 Å². The summed E-state index contributed by atoms with van der Waals surface area (Å²) in [7, 11) is 0. The number of nitrogens with zero attached hydrogens (tertiary/aromatic N) is 2. The summed E-state index contributed by atoms with van der Waals surface area (Å²) in [4.78, 5) is 32.0. The lowest BCUT2D eigenvalue weighted by atomic mass is 10.00. The molecule has 0 aliphatic carbocycles. The van der Waals surface area contributed by atoms with Crippen molar-refractivity contribution in [3.8, 4) is 0 Å². The molecule has 232 valence electrons. The highest BCUT2D eigenvalue weighted by Gasteiger charge is 2.30. The van der Waals surface area contributed by atoms with Gasteiger partial charge in [0.1, 0.15) is 11.6 Å². The number of aliphatic hydroxyl groups excluding tert-OH is 1. The fraction of sp³-hybridized carbons (Fsp3) is 0.387. The van der Waals surface area contributed by atoms with Gasteiger partial charge in [0, 0.05) is 44.6 Å². The van der Waals surface area contributed by atoms with Gasteiger partial charge in [-0.15, -0.1) is 0 Å². The van der Waals surface area contributed by atoms with Crippen LogP contribution in [0.2, 0.25) is 0 Å². The molecule has 7 nitrogen and oxygen atoms in total. The van der Waals surface area contributed by atoms with Gasteiger partial charge in [-0.25, -0.2) is 8.78 Å². The molecule has 1 heterocycles. The highest BCUT2D eigenvalue weighted by molar-refractivity contribution is 5.99. The lowest BCUT2D eigenvalue weighted by Crippen LogP contribution is -2.48. The van der Waals surface area contributed by atoms with Crippen LogP contribution in [0.3, 0.4) is 0 Å². The van der Waals surface area contributed by atoms with Crippen LogP contribution in [-0.4, -0.2) is 58.6 Å². The van der Waals surface area contributed by atoms with Gasteiger partial charge in [-0.05, 0) is 54.7 Å². The lowest BCUT2D eigenvalue weighted by molar-refractivity contribution is -0.137. The second-order valence-electron chi connectivity index (χ2n) is 10.2. The fourth-order valence-corrected chi connectivity index (χ4v) is 4.60. The molecule has 0 radical (unpaired) electrons. The van der Waals surface area contributed by atoms with Crippen LogP contribution in [0, 0.1) is 11.6 Å². The number of carbonyl (C=O) groups is 2. The third-order valence-corrected chi connectivity index (χ3v) is 6.62. The summed E-state index contributed by atoms with van der Waals surface area (Å²) in [6.07, 6.45) is -1.87. The van der Waals surface area contributed by atoms with Gasteiger partial charge in [0.2, 0.25) is 0 Å². The number of halogens is 5. The number of hydrogen-bond donors (Lipinski definition) is 3. The van der Waals surface area contributed by atoms with Crippen LogP contribution < -0.4 is 10.6 Å². The summed E-state index contributed by atoms with van der Waals surface area (Å²) in [5.41, 5.74) is -0.0773. The molecule has 1 aromatic heterocycles. The van der Waals surface area contributed by atoms with Crippen molar-refractivity contribution in [2.45, 2.75) is 58.0 Å². The maximum atomic E-state index is 13.9. The van der Waals surface area contributed by atoms with Crippen LogP contribution in [0.25, 0.3) is 0 Å². The molecule has 0 spiro atoms. The Morgan fingerprint density at radius 1 is 0.930 bits per heavy atom. The van der Waals surface area contributed by atoms with Gasteiger partial charge in [0.05, 0.1) is 28.8 Å².